The largest absolute Gasteiger partial charge is 0.456 e. The summed E-state index contributed by atoms with van der Waals surface area (Å²) in [6.07, 6.45) is 0. The molecule has 0 unspecified atom stereocenters. The van der Waals surface area contributed by atoms with Gasteiger partial charge in [0, 0.05) is 27.4 Å². The van der Waals surface area contributed by atoms with E-state index in [1.165, 1.54) is 65.7 Å². The summed E-state index contributed by atoms with van der Waals surface area (Å²) in [5.41, 5.74) is 8.34. The van der Waals surface area contributed by atoms with Crippen LogP contribution in [-0.2, 0) is 0 Å². The number of hydrogen-bond donors (Lipinski definition) is 0. The second-order valence-corrected chi connectivity index (χ2v) is 10.6. The molecule has 186 valence electrons. The number of aromatic nitrogens is 1. The molecule has 9 rings (SSSR count). The van der Waals surface area contributed by atoms with Gasteiger partial charge in [-0.3, -0.25) is 0 Å². The Hall–Kier alpha value is -5.34. The van der Waals surface area contributed by atoms with E-state index in [0.29, 0.717) is 0 Å². The van der Waals surface area contributed by atoms with Gasteiger partial charge in [0.2, 0.25) is 0 Å². The van der Waals surface area contributed by atoms with Crippen LogP contribution in [0.5, 0.6) is 11.5 Å². The van der Waals surface area contributed by atoms with Crippen LogP contribution in [0.15, 0.2) is 140 Å². The fourth-order valence-electron chi connectivity index (χ4n) is 6.57. The monoisotopic (exact) mass is 509 g/mol. The van der Waals surface area contributed by atoms with Crippen LogP contribution in [0.2, 0.25) is 0 Å². The summed E-state index contributed by atoms with van der Waals surface area (Å²) in [5, 5.41) is 7.47. The maximum atomic E-state index is 6.37. The van der Waals surface area contributed by atoms with Crippen LogP contribution in [0, 0.1) is 0 Å². The average Bonchev–Trinajstić information content (AvgIpc) is 3.36. The molecular formula is C38H23NO. The Morgan fingerprint density at radius 1 is 0.425 bits per heavy atom. The summed E-state index contributed by atoms with van der Waals surface area (Å²) in [5.74, 6) is 1.83. The maximum Gasteiger partial charge on any atom is 0.135 e. The third-order valence-corrected chi connectivity index (χ3v) is 8.36. The van der Waals surface area contributed by atoms with Crippen LogP contribution in [0.4, 0.5) is 0 Å². The number of rotatable bonds is 2. The zero-order valence-corrected chi connectivity index (χ0v) is 21.6. The van der Waals surface area contributed by atoms with Gasteiger partial charge in [0.05, 0.1) is 11.0 Å². The second kappa shape index (κ2) is 8.08. The molecule has 0 bridgehead atoms. The third-order valence-electron chi connectivity index (χ3n) is 8.36. The zero-order chi connectivity index (χ0) is 26.2. The average molecular weight is 510 g/mol. The number of hydrogen-bond acceptors (Lipinski definition) is 1. The van der Waals surface area contributed by atoms with E-state index in [4.69, 9.17) is 4.74 Å². The van der Waals surface area contributed by atoms with Crippen molar-refractivity contribution in [3.05, 3.63) is 140 Å². The van der Waals surface area contributed by atoms with Crippen molar-refractivity contribution in [1.82, 2.24) is 4.57 Å². The lowest BCUT2D eigenvalue weighted by Gasteiger charge is -2.22. The highest BCUT2D eigenvalue weighted by molar-refractivity contribution is 6.22. The zero-order valence-electron chi connectivity index (χ0n) is 21.6. The maximum absolute atomic E-state index is 6.37. The molecule has 0 spiro atoms. The van der Waals surface area contributed by atoms with Crippen molar-refractivity contribution >= 4 is 43.4 Å². The minimum absolute atomic E-state index is 0.905. The molecule has 1 aliphatic rings. The van der Waals surface area contributed by atoms with Gasteiger partial charge in [-0.15, -0.1) is 0 Å². The number of fused-ring (bicyclic) bond motifs is 7. The van der Waals surface area contributed by atoms with E-state index in [0.717, 1.165) is 17.1 Å². The molecule has 0 amide bonds. The molecule has 8 aromatic rings. The molecule has 0 radical (unpaired) electrons. The first kappa shape index (κ1) is 21.6. The van der Waals surface area contributed by atoms with Crippen molar-refractivity contribution in [2.75, 3.05) is 0 Å². The Bertz CT molecular complexity index is 2290. The van der Waals surface area contributed by atoms with Crippen molar-refractivity contribution < 1.29 is 4.74 Å². The third kappa shape index (κ3) is 2.99. The van der Waals surface area contributed by atoms with Gasteiger partial charge in [0.1, 0.15) is 11.5 Å². The SMILES string of the molecule is c1ccc(-n2c3ccc(-c4ccc5c(c4)-c4cccc6cccc(c46)O5)cc3c3c4ccccc4ccc32)cc1. The van der Waals surface area contributed by atoms with Crippen LogP contribution in [0.3, 0.4) is 0 Å². The van der Waals surface area contributed by atoms with Crippen molar-refractivity contribution in [2.24, 2.45) is 0 Å². The van der Waals surface area contributed by atoms with Crippen molar-refractivity contribution in [3.8, 4) is 39.4 Å². The fourth-order valence-corrected chi connectivity index (χ4v) is 6.57. The summed E-state index contributed by atoms with van der Waals surface area (Å²) in [7, 11) is 0. The van der Waals surface area contributed by atoms with E-state index < -0.39 is 0 Å². The number of benzene rings is 7. The molecule has 2 heterocycles. The van der Waals surface area contributed by atoms with E-state index in [-0.39, 0.29) is 0 Å². The summed E-state index contributed by atoms with van der Waals surface area (Å²) in [6, 6.07) is 50.1. The first-order chi connectivity index (χ1) is 19.8. The Kier molecular flexibility index (Phi) is 4.36. The van der Waals surface area contributed by atoms with Gasteiger partial charge < -0.3 is 9.30 Å². The van der Waals surface area contributed by atoms with Crippen molar-refractivity contribution in [3.63, 3.8) is 0 Å². The van der Waals surface area contributed by atoms with Crippen LogP contribution in [0.25, 0.3) is 71.3 Å². The Balaban J connectivity index is 1.31. The Labute approximate surface area is 231 Å². The molecule has 1 aromatic heterocycles. The molecule has 0 fully saturated rings. The molecule has 1 aliphatic heterocycles. The standard InChI is InChI=1S/C38H23NO/c1-2-11-28(12-3-1)39-33-19-17-26(23-32(33)38-29-13-5-4-8-24(29)16-20-34(38)39)27-18-21-35-31(22-27)30-14-6-9-25-10-7-15-36(40-35)37(25)30/h1-23H. The highest BCUT2D eigenvalue weighted by Gasteiger charge is 2.21. The number of para-hydroxylation sites is 1. The number of nitrogens with zero attached hydrogens (tertiary/aromatic N) is 1. The van der Waals surface area contributed by atoms with Gasteiger partial charge in [0.15, 0.2) is 0 Å². The minimum atomic E-state index is 0.905. The van der Waals surface area contributed by atoms with Crippen LogP contribution in [0.1, 0.15) is 0 Å². The molecular weight excluding hydrogens is 486 g/mol. The minimum Gasteiger partial charge on any atom is -0.456 e. The van der Waals surface area contributed by atoms with Crippen LogP contribution in [-0.4, -0.2) is 4.57 Å². The lowest BCUT2D eigenvalue weighted by Crippen LogP contribution is -1.97. The number of ether oxygens (including phenoxy) is 1. The lowest BCUT2D eigenvalue weighted by molar-refractivity contribution is 0.487. The topological polar surface area (TPSA) is 14.2 Å². The lowest BCUT2D eigenvalue weighted by atomic mass is 9.92. The smallest absolute Gasteiger partial charge is 0.135 e. The van der Waals surface area contributed by atoms with E-state index in [2.05, 4.69) is 144 Å². The predicted octanol–water partition coefficient (Wildman–Crippen LogP) is 10.5. The fraction of sp³-hybridized carbons (Fsp3) is 0. The van der Waals surface area contributed by atoms with Gasteiger partial charge in [-0.2, -0.15) is 0 Å². The molecule has 0 N–H and O–H groups in total. The summed E-state index contributed by atoms with van der Waals surface area (Å²) < 4.78 is 8.75. The highest BCUT2D eigenvalue weighted by Crippen LogP contribution is 2.48. The van der Waals surface area contributed by atoms with Gasteiger partial charge in [-0.25, -0.2) is 0 Å². The first-order valence-corrected chi connectivity index (χ1v) is 13.7. The van der Waals surface area contributed by atoms with Gasteiger partial charge in [0.25, 0.3) is 0 Å². The van der Waals surface area contributed by atoms with E-state index in [1.807, 2.05) is 0 Å². The molecule has 40 heavy (non-hydrogen) atoms. The molecule has 2 nitrogen and oxygen atoms in total. The van der Waals surface area contributed by atoms with E-state index in [1.54, 1.807) is 0 Å². The van der Waals surface area contributed by atoms with Crippen LogP contribution < -0.4 is 4.74 Å². The molecule has 0 saturated heterocycles. The highest BCUT2D eigenvalue weighted by atomic mass is 16.5. The van der Waals surface area contributed by atoms with E-state index in [9.17, 15) is 0 Å². The molecule has 0 atom stereocenters. The predicted molar refractivity (Wildman–Crippen MR) is 167 cm³/mol. The summed E-state index contributed by atoms with van der Waals surface area (Å²) in [6.45, 7) is 0. The Morgan fingerprint density at radius 3 is 2.10 bits per heavy atom. The van der Waals surface area contributed by atoms with Crippen molar-refractivity contribution in [2.45, 2.75) is 0 Å². The molecule has 0 saturated carbocycles. The van der Waals surface area contributed by atoms with Gasteiger partial charge >= 0.3 is 0 Å². The Morgan fingerprint density at radius 2 is 1.18 bits per heavy atom. The molecule has 2 heteroatoms. The summed E-state index contributed by atoms with van der Waals surface area (Å²) >= 11 is 0. The molecule has 7 aromatic carbocycles. The van der Waals surface area contributed by atoms with E-state index >= 15 is 0 Å². The first-order valence-electron chi connectivity index (χ1n) is 13.7. The normalized spacial score (nSPS) is 12.2. The molecule has 0 aliphatic carbocycles. The quantitative estimate of drug-likeness (QED) is 0.226. The second-order valence-electron chi connectivity index (χ2n) is 10.6. The van der Waals surface area contributed by atoms with Gasteiger partial charge in [-0.1, -0.05) is 91.0 Å². The van der Waals surface area contributed by atoms with Crippen LogP contribution >= 0.6 is 0 Å². The summed E-state index contributed by atoms with van der Waals surface area (Å²) in [4.78, 5) is 0. The van der Waals surface area contributed by atoms with Crippen molar-refractivity contribution in [1.29, 1.82) is 0 Å². The van der Waals surface area contributed by atoms with Gasteiger partial charge in [-0.05, 0) is 81.4 Å².